The van der Waals surface area contributed by atoms with Crippen LogP contribution in [0.15, 0.2) is 158 Å². The van der Waals surface area contributed by atoms with Gasteiger partial charge in [0.15, 0.2) is 0 Å². The lowest BCUT2D eigenvalue weighted by Crippen LogP contribution is -2.10. The fourth-order valence-electron chi connectivity index (χ4n) is 6.58. The molecule has 0 radical (unpaired) electrons. The van der Waals surface area contributed by atoms with Crippen molar-refractivity contribution in [3.8, 4) is 0 Å². The first-order valence-corrected chi connectivity index (χ1v) is 18.7. The lowest BCUT2D eigenvalue weighted by Gasteiger charge is -2.26. The van der Waals surface area contributed by atoms with Gasteiger partial charge in [-0.3, -0.25) is 0 Å². The second-order valence-corrected chi connectivity index (χ2v) is 14.4. The predicted octanol–water partition coefficient (Wildman–Crippen LogP) is 14.8. The van der Waals surface area contributed by atoms with Crippen molar-refractivity contribution >= 4 is 58.4 Å². The molecule has 0 atom stereocenters. The quantitative estimate of drug-likeness (QED) is 0.131. The van der Waals surface area contributed by atoms with Gasteiger partial charge in [-0.05, 0) is 159 Å². The molecule has 0 aromatic heterocycles. The van der Waals surface area contributed by atoms with E-state index in [1.165, 1.54) is 44.5 Å². The van der Waals surface area contributed by atoms with Crippen LogP contribution >= 0.6 is 0 Å². The summed E-state index contributed by atoms with van der Waals surface area (Å²) in [4.78, 5) is 4.65. The molecule has 0 spiro atoms. The first-order valence-electron chi connectivity index (χ1n) is 18.7. The van der Waals surface area contributed by atoms with Crippen molar-refractivity contribution in [2.45, 2.75) is 41.5 Å². The van der Waals surface area contributed by atoms with Gasteiger partial charge in [0.1, 0.15) is 0 Å². The van der Waals surface area contributed by atoms with Gasteiger partial charge in [0.25, 0.3) is 0 Å². The van der Waals surface area contributed by atoms with Crippen LogP contribution in [0.25, 0.3) is 24.3 Å². The van der Waals surface area contributed by atoms with Gasteiger partial charge in [-0.25, -0.2) is 0 Å². The van der Waals surface area contributed by atoms with Gasteiger partial charge in [-0.2, -0.15) is 0 Å². The summed E-state index contributed by atoms with van der Waals surface area (Å²) in [6.45, 7) is 12.9. The molecule has 54 heavy (non-hydrogen) atoms. The number of hydrogen-bond donors (Lipinski definition) is 0. The molecule has 0 fully saturated rings. The highest BCUT2D eigenvalue weighted by Crippen LogP contribution is 2.37. The Balaban J connectivity index is 1.03. The normalized spacial score (nSPS) is 11.4. The molecule has 7 aromatic rings. The van der Waals surface area contributed by atoms with E-state index in [0.717, 1.165) is 45.3 Å². The van der Waals surface area contributed by atoms with Gasteiger partial charge >= 0.3 is 0 Å². The van der Waals surface area contributed by atoms with Gasteiger partial charge in [-0.1, -0.05) is 120 Å². The molecule has 0 saturated heterocycles. The predicted molar refractivity (Wildman–Crippen MR) is 235 cm³/mol. The highest BCUT2D eigenvalue weighted by atomic mass is 15.1. The highest BCUT2D eigenvalue weighted by Gasteiger charge is 2.14. The summed E-state index contributed by atoms with van der Waals surface area (Å²) in [7, 11) is 0. The SMILES string of the molecule is Cc1ccc(N(c2ccc(/C=C/c3ccc(/C=C/c4ccc(N(c5ccc(C)cc5)c5ccc(C)c(C)c5)cc4)cc3)cc2)c2ccc(C)c(C)c2)cc1. The van der Waals surface area contributed by atoms with E-state index in [0.29, 0.717) is 0 Å². The summed E-state index contributed by atoms with van der Waals surface area (Å²) >= 11 is 0. The van der Waals surface area contributed by atoms with E-state index < -0.39 is 0 Å². The molecule has 0 aliphatic rings. The minimum absolute atomic E-state index is 1.13. The molecule has 0 heterocycles. The Morgan fingerprint density at radius 2 is 0.500 bits per heavy atom. The van der Waals surface area contributed by atoms with Crippen LogP contribution in [0, 0.1) is 41.5 Å². The molecule has 7 aromatic carbocycles. The Morgan fingerprint density at radius 3 is 0.778 bits per heavy atom. The molecule has 0 saturated carbocycles. The van der Waals surface area contributed by atoms with Gasteiger partial charge in [0.2, 0.25) is 0 Å². The topological polar surface area (TPSA) is 6.48 Å². The van der Waals surface area contributed by atoms with Crippen molar-refractivity contribution in [1.82, 2.24) is 0 Å². The van der Waals surface area contributed by atoms with Crippen molar-refractivity contribution in [2.24, 2.45) is 0 Å². The van der Waals surface area contributed by atoms with Gasteiger partial charge in [-0.15, -0.1) is 0 Å². The Bertz CT molecular complexity index is 2220. The first kappa shape index (κ1) is 36.0. The van der Waals surface area contributed by atoms with Crippen molar-refractivity contribution < 1.29 is 0 Å². The molecular formula is C52H48N2. The average molecular weight is 701 g/mol. The van der Waals surface area contributed by atoms with E-state index in [9.17, 15) is 0 Å². The molecule has 0 unspecified atom stereocenters. The van der Waals surface area contributed by atoms with Crippen LogP contribution in [0.1, 0.15) is 55.6 Å². The largest absolute Gasteiger partial charge is 0.310 e. The zero-order valence-corrected chi connectivity index (χ0v) is 32.2. The molecule has 0 aliphatic carbocycles. The second-order valence-electron chi connectivity index (χ2n) is 14.4. The van der Waals surface area contributed by atoms with E-state index in [-0.39, 0.29) is 0 Å². The fraction of sp³-hybridized carbons (Fsp3) is 0.115. The van der Waals surface area contributed by atoms with Crippen LogP contribution < -0.4 is 9.80 Å². The summed E-state index contributed by atoms with van der Waals surface area (Å²) in [5, 5.41) is 0. The lowest BCUT2D eigenvalue weighted by molar-refractivity contribution is 1.24. The van der Waals surface area contributed by atoms with Crippen LogP contribution in [0.3, 0.4) is 0 Å². The minimum atomic E-state index is 1.13. The summed E-state index contributed by atoms with van der Waals surface area (Å²) in [5.41, 5.74) is 19.2. The monoisotopic (exact) mass is 700 g/mol. The molecule has 2 heteroatoms. The maximum Gasteiger partial charge on any atom is 0.0464 e. The van der Waals surface area contributed by atoms with Crippen LogP contribution in [0.5, 0.6) is 0 Å². The third-order valence-electron chi connectivity index (χ3n) is 10.3. The zero-order chi connectivity index (χ0) is 37.6. The number of anilines is 6. The number of rotatable bonds is 10. The van der Waals surface area contributed by atoms with E-state index >= 15 is 0 Å². The molecule has 7 rings (SSSR count). The van der Waals surface area contributed by atoms with Gasteiger partial charge in [0.05, 0.1) is 0 Å². The van der Waals surface area contributed by atoms with E-state index in [1.807, 2.05) is 0 Å². The van der Waals surface area contributed by atoms with Crippen molar-refractivity contribution in [3.63, 3.8) is 0 Å². The fourth-order valence-corrected chi connectivity index (χ4v) is 6.58. The maximum atomic E-state index is 2.33. The van der Waals surface area contributed by atoms with E-state index in [2.05, 4.69) is 233 Å². The Morgan fingerprint density at radius 1 is 0.259 bits per heavy atom. The summed E-state index contributed by atoms with van der Waals surface area (Å²) in [5.74, 6) is 0. The molecule has 0 N–H and O–H groups in total. The smallest absolute Gasteiger partial charge is 0.0464 e. The molecule has 2 nitrogen and oxygen atoms in total. The van der Waals surface area contributed by atoms with Gasteiger partial charge in [0, 0.05) is 34.1 Å². The third-order valence-corrected chi connectivity index (χ3v) is 10.3. The average Bonchev–Trinajstić information content (AvgIpc) is 3.19. The Hall–Kier alpha value is -6.38. The highest BCUT2D eigenvalue weighted by molar-refractivity contribution is 5.80. The van der Waals surface area contributed by atoms with Crippen molar-refractivity contribution in [3.05, 3.63) is 213 Å². The molecule has 0 aliphatic heterocycles. The summed E-state index contributed by atoms with van der Waals surface area (Å²) in [6, 6.07) is 57.1. The van der Waals surface area contributed by atoms with Crippen molar-refractivity contribution in [1.29, 1.82) is 0 Å². The lowest BCUT2D eigenvalue weighted by atomic mass is 10.1. The third kappa shape index (κ3) is 8.46. The second kappa shape index (κ2) is 16.1. The van der Waals surface area contributed by atoms with Gasteiger partial charge < -0.3 is 9.80 Å². The zero-order valence-electron chi connectivity index (χ0n) is 32.2. The molecule has 266 valence electrons. The first-order chi connectivity index (χ1) is 26.2. The standard InChI is InChI=1S/C52H48N2/c1-37-7-25-47(26-8-37)53(51-29-11-39(3)41(5)35-51)49-31-21-45(22-32-49)19-17-43-13-15-44(16-14-43)18-20-46-23-33-50(34-24-46)54(48-27-9-38(2)10-28-48)52-30-12-40(4)42(6)36-52/h7-36H,1-6H3/b19-17+,20-18+. The molecule has 0 bridgehead atoms. The Labute approximate surface area is 322 Å². The Kier molecular flexibility index (Phi) is 10.7. The van der Waals surface area contributed by atoms with Crippen LogP contribution in [-0.4, -0.2) is 0 Å². The van der Waals surface area contributed by atoms with Crippen LogP contribution in [-0.2, 0) is 0 Å². The minimum Gasteiger partial charge on any atom is -0.310 e. The maximum absolute atomic E-state index is 2.33. The number of hydrogen-bond acceptors (Lipinski definition) is 2. The number of nitrogens with zero attached hydrogens (tertiary/aromatic N) is 2. The van der Waals surface area contributed by atoms with Crippen LogP contribution in [0.4, 0.5) is 34.1 Å². The van der Waals surface area contributed by atoms with E-state index in [1.54, 1.807) is 0 Å². The number of benzene rings is 7. The molecule has 0 amide bonds. The summed E-state index contributed by atoms with van der Waals surface area (Å²) < 4.78 is 0. The summed E-state index contributed by atoms with van der Waals surface area (Å²) in [6.07, 6.45) is 8.72. The van der Waals surface area contributed by atoms with E-state index in [4.69, 9.17) is 0 Å². The molecular weight excluding hydrogens is 653 g/mol. The number of aryl methyl sites for hydroxylation is 6. The van der Waals surface area contributed by atoms with Crippen molar-refractivity contribution in [2.75, 3.05) is 9.80 Å². The van der Waals surface area contributed by atoms with Crippen LogP contribution in [0.2, 0.25) is 0 Å².